The van der Waals surface area contributed by atoms with E-state index in [1.807, 2.05) is 18.2 Å². The van der Waals surface area contributed by atoms with Crippen molar-refractivity contribution >= 4 is 32.7 Å². The van der Waals surface area contributed by atoms with Crippen molar-refractivity contribution in [3.63, 3.8) is 0 Å². The Balaban J connectivity index is 0.000000433. The molecule has 0 heterocycles. The van der Waals surface area contributed by atoms with E-state index in [9.17, 15) is 8.42 Å². The molecule has 0 atom stereocenters. The fourth-order valence-corrected chi connectivity index (χ4v) is 3.75. The van der Waals surface area contributed by atoms with Crippen molar-refractivity contribution in [1.29, 1.82) is 0 Å². The molecule has 0 spiro atoms. The van der Waals surface area contributed by atoms with E-state index < -0.39 is 10.1 Å². The van der Waals surface area contributed by atoms with Gasteiger partial charge in [0.2, 0.25) is 0 Å². The maximum atomic E-state index is 11.8. The normalized spacial score (nSPS) is 10.6. The summed E-state index contributed by atoms with van der Waals surface area (Å²) >= 11 is 2.28. The first kappa shape index (κ1) is 23.8. The molecule has 150 valence electrons. The van der Waals surface area contributed by atoms with Crippen molar-refractivity contribution < 1.29 is 17.3 Å². The van der Waals surface area contributed by atoms with E-state index in [1.165, 1.54) is 22.8 Å². The van der Waals surface area contributed by atoms with Gasteiger partial charge in [0.25, 0.3) is 0 Å². The van der Waals surface area contributed by atoms with Crippen molar-refractivity contribution in [2.45, 2.75) is 45.4 Å². The number of halogens is 1. The number of methoxy groups -OCH3 is 1. The summed E-state index contributed by atoms with van der Waals surface area (Å²) in [6.45, 7) is 2.16. The molecule has 0 radical (unpaired) electrons. The van der Waals surface area contributed by atoms with E-state index in [1.54, 1.807) is 31.4 Å². The van der Waals surface area contributed by atoms with Gasteiger partial charge in [-0.1, -0.05) is 57.2 Å². The fourth-order valence-electron chi connectivity index (χ4n) is 2.29. The number of hydrogen-bond donors (Lipinski definition) is 0. The summed E-state index contributed by atoms with van der Waals surface area (Å²) < 4.78 is 34.9. The summed E-state index contributed by atoms with van der Waals surface area (Å²) in [4.78, 5) is 0. The zero-order valence-electron chi connectivity index (χ0n) is 16.1. The Kier molecular flexibility index (Phi) is 12.2. The van der Waals surface area contributed by atoms with Crippen molar-refractivity contribution in [3.8, 4) is 11.5 Å². The maximum Gasteiger partial charge on any atom is 0.309 e. The second-order valence-corrected chi connectivity index (χ2v) is 9.02. The Bertz CT molecular complexity index is 716. The number of rotatable bonds is 10. The van der Waals surface area contributed by atoms with Crippen LogP contribution in [0.4, 0.5) is 0 Å². The lowest BCUT2D eigenvalue weighted by atomic mass is 10.1. The molecule has 0 aliphatic carbocycles. The lowest BCUT2D eigenvalue weighted by molar-refractivity contribution is 0.413. The first-order valence-electron chi connectivity index (χ1n) is 9.23. The van der Waals surface area contributed by atoms with E-state index in [0.717, 1.165) is 12.8 Å². The molecular formula is C21H29IO4S. The molecule has 0 saturated carbocycles. The van der Waals surface area contributed by atoms with Crippen LogP contribution in [0, 0.1) is 3.57 Å². The highest BCUT2D eigenvalue weighted by atomic mass is 127. The molecule has 2 rings (SSSR count). The lowest BCUT2D eigenvalue weighted by Crippen LogP contribution is -2.13. The van der Waals surface area contributed by atoms with Gasteiger partial charge in [-0.15, -0.1) is 0 Å². The van der Waals surface area contributed by atoms with Gasteiger partial charge in [-0.25, -0.2) is 0 Å². The molecule has 0 unspecified atom stereocenters. The minimum atomic E-state index is -3.49. The topological polar surface area (TPSA) is 52.6 Å². The summed E-state index contributed by atoms with van der Waals surface area (Å²) in [5.41, 5.74) is 0. The molecule has 0 aliphatic heterocycles. The van der Waals surface area contributed by atoms with Crippen LogP contribution in [-0.4, -0.2) is 21.3 Å². The highest BCUT2D eigenvalue weighted by molar-refractivity contribution is 14.1. The molecule has 0 fully saturated rings. The molecule has 0 amide bonds. The minimum Gasteiger partial charge on any atom is -0.497 e. The highest BCUT2D eigenvalue weighted by Crippen LogP contribution is 2.19. The molecular weight excluding hydrogens is 475 g/mol. The Labute approximate surface area is 177 Å². The molecule has 0 aliphatic rings. The Morgan fingerprint density at radius 1 is 0.815 bits per heavy atom. The monoisotopic (exact) mass is 504 g/mol. The summed E-state index contributed by atoms with van der Waals surface area (Å²) in [5.74, 6) is 1.08. The molecule has 2 aromatic rings. The highest BCUT2D eigenvalue weighted by Gasteiger charge is 2.12. The van der Waals surface area contributed by atoms with E-state index >= 15 is 0 Å². The van der Waals surface area contributed by atoms with Gasteiger partial charge in [0.05, 0.1) is 12.9 Å². The fraction of sp³-hybridized carbons (Fsp3) is 0.429. The van der Waals surface area contributed by atoms with Gasteiger partial charge in [-0.2, -0.15) is 8.42 Å². The van der Waals surface area contributed by atoms with Gasteiger partial charge in [-0.3, -0.25) is 0 Å². The molecule has 6 heteroatoms. The third-order valence-electron chi connectivity index (χ3n) is 3.76. The average Bonchev–Trinajstić information content (AvgIpc) is 2.66. The van der Waals surface area contributed by atoms with Crippen LogP contribution in [0.1, 0.15) is 45.4 Å². The van der Waals surface area contributed by atoms with E-state index in [-0.39, 0.29) is 5.75 Å². The first-order valence-corrected chi connectivity index (χ1v) is 11.9. The number of unbranched alkanes of at least 4 members (excludes halogenated alkanes) is 5. The van der Waals surface area contributed by atoms with Crippen LogP contribution in [0.15, 0.2) is 54.6 Å². The van der Waals surface area contributed by atoms with E-state index in [2.05, 4.69) is 41.6 Å². The summed E-state index contributed by atoms with van der Waals surface area (Å²) in [5, 5.41) is 0. The zero-order valence-corrected chi connectivity index (χ0v) is 19.0. The van der Waals surface area contributed by atoms with Crippen molar-refractivity contribution in [2.75, 3.05) is 12.9 Å². The average molecular weight is 504 g/mol. The van der Waals surface area contributed by atoms with Crippen LogP contribution >= 0.6 is 22.6 Å². The lowest BCUT2D eigenvalue weighted by Gasteiger charge is -2.07. The quantitative estimate of drug-likeness (QED) is 0.224. The predicted molar refractivity (Wildman–Crippen MR) is 120 cm³/mol. The van der Waals surface area contributed by atoms with Crippen LogP contribution in [0.2, 0.25) is 0 Å². The van der Waals surface area contributed by atoms with Crippen LogP contribution in [0.25, 0.3) is 0 Å². The molecule has 0 N–H and O–H groups in total. The van der Waals surface area contributed by atoms with Crippen molar-refractivity contribution in [3.05, 3.63) is 58.2 Å². The van der Waals surface area contributed by atoms with Crippen molar-refractivity contribution in [2.24, 2.45) is 0 Å². The summed E-state index contributed by atoms with van der Waals surface area (Å²) in [6, 6.07) is 16.8. The summed E-state index contributed by atoms with van der Waals surface area (Å²) in [6.07, 6.45) is 6.27. The Morgan fingerprint density at radius 3 is 1.89 bits per heavy atom. The Morgan fingerprint density at radius 2 is 1.37 bits per heavy atom. The van der Waals surface area contributed by atoms with Gasteiger partial charge in [-0.05, 0) is 65.4 Å². The van der Waals surface area contributed by atoms with E-state index in [0.29, 0.717) is 17.9 Å². The number of benzene rings is 2. The predicted octanol–water partition coefficient (Wildman–Crippen LogP) is 6.06. The standard InChI is InChI=1S/C15H24O4S.C6H5I/c1-3-4-5-6-7-8-13-20(16,17)19-15-11-9-14(18-2)10-12-15;7-6-4-2-1-3-5-6/h9-12H,3-8,13H2,1-2H3;1-5H. The Hall–Kier alpha value is -1.28. The smallest absolute Gasteiger partial charge is 0.309 e. The first-order chi connectivity index (χ1) is 13.0. The largest absolute Gasteiger partial charge is 0.497 e. The molecule has 27 heavy (non-hydrogen) atoms. The SMILES string of the molecule is CCCCCCCCS(=O)(=O)Oc1ccc(OC)cc1.Ic1ccccc1. The van der Waals surface area contributed by atoms with Gasteiger partial charge in [0, 0.05) is 3.57 Å². The van der Waals surface area contributed by atoms with Gasteiger partial charge >= 0.3 is 10.1 Å². The third-order valence-corrected chi connectivity index (χ3v) is 5.72. The maximum absolute atomic E-state index is 11.8. The summed E-state index contributed by atoms with van der Waals surface area (Å²) in [7, 11) is -1.93. The molecule has 4 nitrogen and oxygen atoms in total. The molecule has 0 aromatic heterocycles. The second-order valence-electron chi connectivity index (χ2n) is 6.08. The van der Waals surface area contributed by atoms with Crippen LogP contribution in [-0.2, 0) is 10.1 Å². The number of ether oxygens (including phenoxy) is 1. The van der Waals surface area contributed by atoms with Crippen LogP contribution in [0.3, 0.4) is 0 Å². The minimum absolute atomic E-state index is 0.0746. The van der Waals surface area contributed by atoms with Crippen LogP contribution in [0.5, 0.6) is 11.5 Å². The molecule has 0 bridgehead atoms. The second kappa shape index (κ2) is 13.8. The molecule has 0 saturated heterocycles. The van der Waals surface area contributed by atoms with Crippen LogP contribution < -0.4 is 8.92 Å². The van der Waals surface area contributed by atoms with Gasteiger partial charge in [0.15, 0.2) is 0 Å². The van der Waals surface area contributed by atoms with E-state index in [4.69, 9.17) is 8.92 Å². The van der Waals surface area contributed by atoms with Crippen molar-refractivity contribution in [1.82, 2.24) is 0 Å². The van der Waals surface area contributed by atoms with Gasteiger partial charge in [0.1, 0.15) is 11.5 Å². The third kappa shape index (κ3) is 11.9. The van der Waals surface area contributed by atoms with Gasteiger partial charge < -0.3 is 8.92 Å². The molecule has 2 aromatic carbocycles. The number of hydrogen-bond acceptors (Lipinski definition) is 4. The zero-order chi connectivity index (χ0) is 20.0.